The number of nitrogens with one attached hydrogen (secondary N) is 2. The molecule has 0 bridgehead atoms. The molecule has 0 aliphatic rings. The molecule has 248 valence electrons. The monoisotopic (exact) mass is 646 g/mol. The summed E-state index contributed by atoms with van der Waals surface area (Å²) < 4.78 is 5.02. The molecule has 2 unspecified atom stereocenters. The largest absolute Gasteiger partial charge is 0.461 e. The van der Waals surface area contributed by atoms with E-state index >= 15 is 0 Å². The quantitative estimate of drug-likeness (QED) is 0.0801. The van der Waals surface area contributed by atoms with Crippen LogP contribution < -0.4 is 10.6 Å². The van der Waals surface area contributed by atoms with Crippen LogP contribution in [0.4, 0.5) is 0 Å². The Labute approximate surface area is 281 Å². The Kier molecular flexibility index (Phi) is 13.0. The predicted molar refractivity (Wildman–Crippen MR) is 185 cm³/mol. The van der Waals surface area contributed by atoms with Crippen molar-refractivity contribution in [3.63, 3.8) is 0 Å². The molecule has 0 fully saturated rings. The SMILES string of the molecule is C=CCOC(=O)CCC(C)C(=O)NC(CC(=O)NC(c1ccccc1)(c1ccccc1)c1ccccc1)C(=O)Cc1ccc(CO)cc1. The van der Waals surface area contributed by atoms with Crippen molar-refractivity contribution < 1.29 is 29.0 Å². The van der Waals surface area contributed by atoms with E-state index in [-0.39, 0.29) is 44.7 Å². The van der Waals surface area contributed by atoms with Crippen molar-refractivity contribution in [1.82, 2.24) is 10.6 Å². The van der Waals surface area contributed by atoms with Gasteiger partial charge in [0.25, 0.3) is 0 Å². The van der Waals surface area contributed by atoms with Crippen LogP contribution in [0.5, 0.6) is 0 Å². The Balaban J connectivity index is 1.63. The third-order valence-electron chi connectivity index (χ3n) is 8.22. The number of esters is 1. The second-order valence-corrected chi connectivity index (χ2v) is 11.7. The molecule has 0 aliphatic heterocycles. The van der Waals surface area contributed by atoms with Gasteiger partial charge in [0.05, 0.1) is 19.1 Å². The molecule has 4 aromatic carbocycles. The van der Waals surface area contributed by atoms with Gasteiger partial charge < -0.3 is 20.5 Å². The molecule has 0 heterocycles. The van der Waals surface area contributed by atoms with Gasteiger partial charge in [-0.3, -0.25) is 19.2 Å². The minimum atomic E-state index is -1.15. The molecular formula is C40H42N2O6. The van der Waals surface area contributed by atoms with E-state index < -0.39 is 35.3 Å². The molecule has 0 radical (unpaired) electrons. The Morgan fingerprint density at radius 3 is 1.77 bits per heavy atom. The average molecular weight is 647 g/mol. The molecule has 2 atom stereocenters. The average Bonchev–Trinajstić information content (AvgIpc) is 3.13. The van der Waals surface area contributed by atoms with Gasteiger partial charge in [-0.25, -0.2) is 0 Å². The van der Waals surface area contributed by atoms with Crippen LogP contribution in [-0.2, 0) is 42.5 Å². The summed E-state index contributed by atoms with van der Waals surface area (Å²) in [5, 5.41) is 15.5. The van der Waals surface area contributed by atoms with Crippen LogP contribution in [0, 0.1) is 5.92 Å². The van der Waals surface area contributed by atoms with E-state index in [2.05, 4.69) is 17.2 Å². The zero-order valence-corrected chi connectivity index (χ0v) is 27.1. The third-order valence-corrected chi connectivity index (χ3v) is 8.22. The van der Waals surface area contributed by atoms with Gasteiger partial charge in [-0.15, -0.1) is 0 Å². The number of Topliss-reactive ketones (excluding diaryl/α,β-unsaturated/α-hetero) is 1. The number of aliphatic hydroxyl groups excluding tert-OH is 1. The van der Waals surface area contributed by atoms with Crippen molar-refractivity contribution >= 4 is 23.6 Å². The summed E-state index contributed by atoms with van der Waals surface area (Å²) in [5.74, 6) is -2.32. The van der Waals surface area contributed by atoms with Gasteiger partial charge in [-0.2, -0.15) is 0 Å². The van der Waals surface area contributed by atoms with E-state index in [4.69, 9.17) is 4.74 Å². The molecule has 0 aliphatic carbocycles. The molecule has 8 heteroatoms. The Hall–Kier alpha value is -5.34. The lowest BCUT2D eigenvalue weighted by atomic mass is 9.76. The third kappa shape index (κ3) is 9.36. The molecule has 0 saturated heterocycles. The first-order valence-electron chi connectivity index (χ1n) is 16.0. The Bertz CT molecular complexity index is 1560. The number of ketones is 1. The zero-order chi connectivity index (χ0) is 34.4. The maximum absolute atomic E-state index is 14.2. The molecule has 48 heavy (non-hydrogen) atoms. The molecular weight excluding hydrogens is 604 g/mol. The fraction of sp³-hybridized carbons (Fsp3) is 0.250. The number of ether oxygens (including phenoxy) is 1. The first-order chi connectivity index (χ1) is 23.3. The molecule has 0 spiro atoms. The predicted octanol–water partition coefficient (Wildman–Crippen LogP) is 5.42. The molecule has 0 saturated carbocycles. The highest BCUT2D eigenvalue weighted by Crippen LogP contribution is 2.37. The lowest BCUT2D eigenvalue weighted by Crippen LogP contribution is -2.51. The maximum Gasteiger partial charge on any atom is 0.306 e. The number of aliphatic hydroxyl groups is 1. The van der Waals surface area contributed by atoms with Crippen LogP contribution in [-0.4, -0.2) is 41.3 Å². The standard InChI is InChI=1S/C40H42N2O6/c1-3-25-48-38(46)24-19-29(2)39(47)41-35(36(44)26-30-20-22-31(28-43)23-21-30)27-37(45)42-40(32-13-7-4-8-14-32,33-15-9-5-10-16-33)34-17-11-6-12-18-34/h3-18,20-23,29,35,43H,1,19,24-28H2,2H3,(H,41,47)(H,42,45). The van der Waals surface area contributed by atoms with Crippen molar-refractivity contribution in [2.75, 3.05) is 6.61 Å². The minimum Gasteiger partial charge on any atom is -0.461 e. The highest BCUT2D eigenvalue weighted by molar-refractivity contribution is 5.95. The summed E-state index contributed by atoms with van der Waals surface area (Å²) in [6, 6.07) is 34.6. The van der Waals surface area contributed by atoms with E-state index in [1.807, 2.05) is 91.0 Å². The van der Waals surface area contributed by atoms with Gasteiger partial charge in [0.1, 0.15) is 12.1 Å². The fourth-order valence-electron chi connectivity index (χ4n) is 5.56. The maximum atomic E-state index is 14.2. The number of benzene rings is 4. The normalized spacial score (nSPS) is 12.3. The second-order valence-electron chi connectivity index (χ2n) is 11.7. The Morgan fingerprint density at radius 1 is 0.792 bits per heavy atom. The van der Waals surface area contributed by atoms with Gasteiger partial charge in [0, 0.05) is 18.8 Å². The van der Waals surface area contributed by atoms with Crippen LogP contribution in [0.1, 0.15) is 54.0 Å². The van der Waals surface area contributed by atoms with Gasteiger partial charge in [0.2, 0.25) is 11.8 Å². The van der Waals surface area contributed by atoms with E-state index in [0.29, 0.717) is 11.1 Å². The fourth-order valence-corrected chi connectivity index (χ4v) is 5.56. The lowest BCUT2D eigenvalue weighted by Gasteiger charge is -2.37. The van der Waals surface area contributed by atoms with Gasteiger partial charge in [-0.1, -0.05) is 135 Å². The molecule has 4 aromatic rings. The topological polar surface area (TPSA) is 122 Å². The summed E-state index contributed by atoms with van der Waals surface area (Å²) in [4.78, 5) is 53.4. The summed E-state index contributed by atoms with van der Waals surface area (Å²) in [7, 11) is 0. The van der Waals surface area contributed by atoms with Gasteiger partial charge in [-0.05, 0) is 34.2 Å². The number of carbonyl (C=O) groups is 4. The van der Waals surface area contributed by atoms with Gasteiger partial charge >= 0.3 is 5.97 Å². The van der Waals surface area contributed by atoms with Crippen molar-refractivity contribution in [2.24, 2.45) is 5.92 Å². The summed E-state index contributed by atoms with van der Waals surface area (Å²) in [6.07, 6.45) is 1.34. The Morgan fingerprint density at radius 2 is 1.29 bits per heavy atom. The summed E-state index contributed by atoms with van der Waals surface area (Å²) in [5.41, 5.74) is 2.75. The van der Waals surface area contributed by atoms with Crippen LogP contribution in [0.25, 0.3) is 0 Å². The van der Waals surface area contributed by atoms with Crippen LogP contribution in [0.3, 0.4) is 0 Å². The lowest BCUT2D eigenvalue weighted by molar-refractivity contribution is -0.143. The summed E-state index contributed by atoms with van der Waals surface area (Å²) >= 11 is 0. The zero-order valence-electron chi connectivity index (χ0n) is 27.1. The van der Waals surface area contributed by atoms with E-state index in [9.17, 15) is 24.3 Å². The first kappa shape index (κ1) is 35.5. The van der Waals surface area contributed by atoms with Crippen LogP contribution in [0.15, 0.2) is 128 Å². The first-order valence-corrected chi connectivity index (χ1v) is 16.0. The van der Waals surface area contributed by atoms with Gasteiger partial charge in [0.15, 0.2) is 5.78 Å². The van der Waals surface area contributed by atoms with Crippen LogP contribution in [0.2, 0.25) is 0 Å². The van der Waals surface area contributed by atoms with Crippen molar-refractivity contribution in [1.29, 1.82) is 0 Å². The van der Waals surface area contributed by atoms with E-state index in [0.717, 1.165) is 16.7 Å². The van der Waals surface area contributed by atoms with Crippen molar-refractivity contribution in [3.05, 3.63) is 156 Å². The minimum absolute atomic E-state index is 0.0203. The molecule has 4 rings (SSSR count). The number of hydrogen-bond donors (Lipinski definition) is 3. The van der Waals surface area contributed by atoms with E-state index in [1.165, 1.54) is 6.08 Å². The smallest absolute Gasteiger partial charge is 0.306 e. The molecule has 3 N–H and O–H groups in total. The molecule has 2 amide bonds. The highest BCUT2D eigenvalue weighted by atomic mass is 16.5. The molecule has 0 aromatic heterocycles. The number of amides is 2. The van der Waals surface area contributed by atoms with E-state index in [1.54, 1.807) is 31.2 Å². The number of carbonyl (C=O) groups excluding carboxylic acids is 4. The number of hydrogen-bond acceptors (Lipinski definition) is 6. The summed E-state index contributed by atoms with van der Waals surface area (Å²) in [6.45, 7) is 5.14. The van der Waals surface area contributed by atoms with Crippen molar-refractivity contribution in [2.45, 2.75) is 50.8 Å². The highest BCUT2D eigenvalue weighted by Gasteiger charge is 2.39. The van der Waals surface area contributed by atoms with Crippen molar-refractivity contribution in [3.8, 4) is 0 Å². The number of rotatable bonds is 17. The second kappa shape index (κ2) is 17.5. The molecule has 8 nitrogen and oxygen atoms in total. The van der Waals surface area contributed by atoms with Crippen LogP contribution >= 0.6 is 0 Å².